The highest BCUT2D eigenvalue weighted by Crippen LogP contribution is 2.22. The number of aryl methyl sites for hydroxylation is 2. The quantitative estimate of drug-likeness (QED) is 0.766. The van der Waals surface area contributed by atoms with E-state index >= 15 is 0 Å². The number of hydrogen-bond acceptors (Lipinski definition) is 3. The van der Waals surface area contributed by atoms with E-state index < -0.39 is 0 Å². The van der Waals surface area contributed by atoms with Crippen molar-refractivity contribution < 1.29 is 9.59 Å². The lowest BCUT2D eigenvalue weighted by Crippen LogP contribution is -2.12. The molecule has 0 aliphatic carbocycles. The number of carbonyl (C=O) groups is 2. The summed E-state index contributed by atoms with van der Waals surface area (Å²) in [6.07, 6.45) is 0.432. The Morgan fingerprint density at radius 2 is 1.67 bits per heavy atom. The summed E-state index contributed by atoms with van der Waals surface area (Å²) >= 11 is 1.68. The summed E-state index contributed by atoms with van der Waals surface area (Å²) in [5.74, 6) is 0.550. The summed E-state index contributed by atoms with van der Waals surface area (Å²) in [7, 11) is 0. The number of carbonyl (C=O) groups excluding carboxylic acids is 2. The minimum absolute atomic E-state index is 0.0358. The van der Waals surface area contributed by atoms with Gasteiger partial charge in [-0.15, -0.1) is 11.8 Å². The Labute approximate surface area is 147 Å². The standard InChI is InChI=1S/C19H22N2O2S/c1-13-7-8-18(11-14(13)2)24-10-9-19(23)21-17-6-4-5-16(12-17)20-15(3)22/h4-8,11-12H,9-10H2,1-3H3,(H,20,22)(H,21,23). The molecule has 2 aromatic rings. The van der Waals surface area contributed by atoms with Gasteiger partial charge in [0.1, 0.15) is 0 Å². The van der Waals surface area contributed by atoms with Gasteiger partial charge in [0, 0.05) is 35.4 Å². The van der Waals surface area contributed by atoms with Crippen LogP contribution < -0.4 is 10.6 Å². The van der Waals surface area contributed by atoms with E-state index in [9.17, 15) is 9.59 Å². The number of thioether (sulfide) groups is 1. The number of nitrogens with one attached hydrogen (secondary N) is 2. The van der Waals surface area contributed by atoms with Crippen molar-refractivity contribution in [3.8, 4) is 0 Å². The van der Waals surface area contributed by atoms with E-state index in [1.54, 1.807) is 36.0 Å². The topological polar surface area (TPSA) is 58.2 Å². The van der Waals surface area contributed by atoms with Gasteiger partial charge in [-0.25, -0.2) is 0 Å². The first kappa shape index (κ1) is 18.1. The number of benzene rings is 2. The van der Waals surface area contributed by atoms with Crippen LogP contribution >= 0.6 is 11.8 Å². The molecule has 0 radical (unpaired) electrons. The highest BCUT2D eigenvalue weighted by atomic mass is 32.2. The molecule has 2 aromatic carbocycles. The van der Waals surface area contributed by atoms with Crippen molar-refractivity contribution >= 4 is 35.0 Å². The lowest BCUT2D eigenvalue weighted by atomic mass is 10.1. The Hall–Kier alpha value is -2.27. The summed E-state index contributed by atoms with van der Waals surface area (Å²) in [6.45, 7) is 5.63. The van der Waals surface area contributed by atoms with E-state index in [4.69, 9.17) is 0 Å². The molecule has 0 unspecified atom stereocenters. The average Bonchev–Trinajstić information content (AvgIpc) is 2.50. The Morgan fingerprint density at radius 3 is 2.33 bits per heavy atom. The minimum Gasteiger partial charge on any atom is -0.326 e. The van der Waals surface area contributed by atoms with Gasteiger partial charge in [-0.1, -0.05) is 12.1 Å². The van der Waals surface area contributed by atoms with Crippen LogP contribution in [0.15, 0.2) is 47.4 Å². The molecule has 0 spiro atoms. The number of amides is 2. The monoisotopic (exact) mass is 342 g/mol. The molecule has 0 saturated heterocycles. The van der Waals surface area contributed by atoms with Crippen LogP contribution in [0.5, 0.6) is 0 Å². The van der Waals surface area contributed by atoms with E-state index in [-0.39, 0.29) is 11.8 Å². The van der Waals surface area contributed by atoms with Gasteiger partial charge in [0.05, 0.1) is 0 Å². The van der Waals surface area contributed by atoms with Crippen molar-refractivity contribution in [2.24, 2.45) is 0 Å². The van der Waals surface area contributed by atoms with Crippen LogP contribution in [-0.2, 0) is 9.59 Å². The van der Waals surface area contributed by atoms with E-state index in [0.29, 0.717) is 17.8 Å². The van der Waals surface area contributed by atoms with Gasteiger partial charge in [-0.2, -0.15) is 0 Å². The van der Waals surface area contributed by atoms with E-state index in [1.807, 2.05) is 0 Å². The molecule has 4 nitrogen and oxygen atoms in total. The zero-order chi connectivity index (χ0) is 17.5. The second-order valence-electron chi connectivity index (χ2n) is 5.65. The number of rotatable bonds is 6. The van der Waals surface area contributed by atoms with Gasteiger partial charge in [-0.05, 0) is 55.3 Å². The molecule has 0 fully saturated rings. The molecule has 5 heteroatoms. The maximum absolute atomic E-state index is 12.0. The molecule has 0 saturated carbocycles. The van der Waals surface area contributed by atoms with Crippen molar-refractivity contribution in [3.63, 3.8) is 0 Å². The van der Waals surface area contributed by atoms with Crippen molar-refractivity contribution in [2.45, 2.75) is 32.1 Å². The summed E-state index contributed by atoms with van der Waals surface area (Å²) in [5, 5.41) is 5.56. The average molecular weight is 342 g/mol. The van der Waals surface area contributed by atoms with Crippen LogP contribution in [0.1, 0.15) is 24.5 Å². The van der Waals surface area contributed by atoms with Crippen LogP contribution in [0.4, 0.5) is 11.4 Å². The molecule has 0 atom stereocenters. The Kier molecular flexibility index (Phi) is 6.44. The van der Waals surface area contributed by atoms with Crippen LogP contribution in [0.3, 0.4) is 0 Å². The smallest absolute Gasteiger partial charge is 0.225 e. The molecule has 2 rings (SSSR count). The van der Waals surface area contributed by atoms with E-state index in [2.05, 4.69) is 42.7 Å². The summed E-state index contributed by atoms with van der Waals surface area (Å²) < 4.78 is 0. The first-order chi connectivity index (χ1) is 11.4. The van der Waals surface area contributed by atoms with Crippen molar-refractivity contribution in [1.29, 1.82) is 0 Å². The third kappa shape index (κ3) is 5.74. The van der Waals surface area contributed by atoms with Gasteiger partial charge < -0.3 is 10.6 Å². The summed E-state index contributed by atoms with van der Waals surface area (Å²) in [4.78, 5) is 24.3. The first-order valence-electron chi connectivity index (χ1n) is 7.81. The zero-order valence-corrected chi connectivity index (χ0v) is 15.0. The third-order valence-electron chi connectivity index (χ3n) is 3.54. The van der Waals surface area contributed by atoms with Crippen molar-refractivity contribution in [2.75, 3.05) is 16.4 Å². The zero-order valence-electron chi connectivity index (χ0n) is 14.2. The maximum atomic E-state index is 12.0. The molecule has 2 amide bonds. The Balaban J connectivity index is 1.82. The van der Waals surface area contributed by atoms with Crippen molar-refractivity contribution in [3.05, 3.63) is 53.6 Å². The van der Waals surface area contributed by atoms with Gasteiger partial charge in [0.15, 0.2) is 0 Å². The van der Waals surface area contributed by atoms with E-state index in [1.165, 1.54) is 22.9 Å². The molecule has 0 heterocycles. The molecule has 24 heavy (non-hydrogen) atoms. The molecule has 0 aliphatic rings. The SMILES string of the molecule is CC(=O)Nc1cccc(NC(=O)CCSc2ccc(C)c(C)c2)c1. The molecular weight excluding hydrogens is 320 g/mol. The second kappa shape index (κ2) is 8.55. The lowest BCUT2D eigenvalue weighted by molar-refractivity contribution is -0.116. The predicted molar refractivity (Wildman–Crippen MR) is 101 cm³/mol. The number of anilines is 2. The predicted octanol–water partition coefficient (Wildman–Crippen LogP) is 4.38. The van der Waals surface area contributed by atoms with Crippen molar-refractivity contribution in [1.82, 2.24) is 0 Å². The highest BCUT2D eigenvalue weighted by Gasteiger charge is 2.05. The molecule has 0 aliphatic heterocycles. The van der Waals surface area contributed by atoms with Crippen LogP contribution in [-0.4, -0.2) is 17.6 Å². The van der Waals surface area contributed by atoms with Gasteiger partial charge in [0.2, 0.25) is 11.8 Å². The Morgan fingerprint density at radius 1 is 0.958 bits per heavy atom. The second-order valence-corrected chi connectivity index (χ2v) is 6.82. The fourth-order valence-corrected chi connectivity index (χ4v) is 3.11. The highest BCUT2D eigenvalue weighted by molar-refractivity contribution is 7.99. The lowest BCUT2D eigenvalue weighted by Gasteiger charge is -2.08. The molecule has 126 valence electrons. The summed E-state index contributed by atoms with van der Waals surface area (Å²) in [6, 6.07) is 13.5. The van der Waals surface area contributed by atoms with Crippen LogP contribution in [0.25, 0.3) is 0 Å². The Bertz CT molecular complexity index is 744. The van der Waals surface area contributed by atoms with Gasteiger partial charge in [0.25, 0.3) is 0 Å². The molecule has 2 N–H and O–H groups in total. The first-order valence-corrected chi connectivity index (χ1v) is 8.80. The largest absolute Gasteiger partial charge is 0.326 e. The van der Waals surface area contributed by atoms with Crippen LogP contribution in [0, 0.1) is 13.8 Å². The number of hydrogen-bond donors (Lipinski definition) is 2. The fourth-order valence-electron chi connectivity index (χ4n) is 2.17. The van der Waals surface area contributed by atoms with E-state index in [0.717, 1.165) is 5.75 Å². The molecular formula is C19H22N2O2S. The van der Waals surface area contributed by atoms with Gasteiger partial charge >= 0.3 is 0 Å². The van der Waals surface area contributed by atoms with Gasteiger partial charge in [-0.3, -0.25) is 9.59 Å². The molecule has 0 aromatic heterocycles. The summed E-state index contributed by atoms with van der Waals surface area (Å²) in [5.41, 5.74) is 3.89. The fraction of sp³-hybridized carbons (Fsp3) is 0.263. The normalized spacial score (nSPS) is 10.3. The molecule has 0 bridgehead atoms. The minimum atomic E-state index is -0.136. The third-order valence-corrected chi connectivity index (χ3v) is 4.54. The van der Waals surface area contributed by atoms with Crippen LogP contribution in [0.2, 0.25) is 0 Å². The maximum Gasteiger partial charge on any atom is 0.225 e.